The van der Waals surface area contributed by atoms with Crippen molar-refractivity contribution < 1.29 is 19.4 Å². The first-order valence-corrected chi connectivity index (χ1v) is 8.67. The van der Waals surface area contributed by atoms with Crippen molar-refractivity contribution >= 4 is 23.6 Å². The average molecular weight is 339 g/mol. The van der Waals surface area contributed by atoms with Gasteiger partial charge in [-0.05, 0) is 36.6 Å². The molecule has 0 bridgehead atoms. The van der Waals surface area contributed by atoms with E-state index in [1.54, 1.807) is 18.9 Å². The molecular weight excluding hydrogens is 314 g/mol. The smallest absolute Gasteiger partial charge is 0.308 e. The third-order valence-corrected chi connectivity index (χ3v) is 4.32. The molecule has 6 heteroatoms. The number of ether oxygens (including phenoxy) is 1. The van der Waals surface area contributed by atoms with E-state index >= 15 is 0 Å². The third-order valence-electron chi connectivity index (χ3n) is 3.31. The van der Waals surface area contributed by atoms with Gasteiger partial charge in [0.15, 0.2) is 0 Å². The molecule has 0 heterocycles. The van der Waals surface area contributed by atoms with Crippen LogP contribution in [0.4, 0.5) is 0 Å². The fourth-order valence-corrected chi connectivity index (χ4v) is 2.95. The van der Waals surface area contributed by atoms with Crippen molar-refractivity contribution in [1.82, 2.24) is 5.32 Å². The molecule has 1 amide bonds. The van der Waals surface area contributed by atoms with Crippen molar-refractivity contribution in [2.75, 3.05) is 19.4 Å². The molecule has 0 saturated heterocycles. The second-order valence-corrected chi connectivity index (χ2v) is 6.91. The molecule has 1 atom stereocenters. The molecule has 0 aliphatic heterocycles. The van der Waals surface area contributed by atoms with Crippen LogP contribution in [0.15, 0.2) is 29.2 Å². The molecule has 0 radical (unpaired) electrons. The fraction of sp³-hybridized carbons (Fsp3) is 0.529. The molecule has 0 aliphatic rings. The molecule has 0 aromatic heterocycles. The summed E-state index contributed by atoms with van der Waals surface area (Å²) in [5.74, 6) is 0.261. The van der Waals surface area contributed by atoms with Gasteiger partial charge in [0, 0.05) is 23.6 Å². The molecule has 0 spiro atoms. The van der Waals surface area contributed by atoms with Gasteiger partial charge in [-0.1, -0.05) is 13.8 Å². The van der Waals surface area contributed by atoms with Crippen LogP contribution in [0.3, 0.4) is 0 Å². The molecule has 0 saturated carbocycles. The van der Waals surface area contributed by atoms with E-state index in [4.69, 9.17) is 9.84 Å². The van der Waals surface area contributed by atoms with Crippen LogP contribution in [-0.2, 0) is 9.59 Å². The molecule has 1 aromatic carbocycles. The lowest BCUT2D eigenvalue weighted by molar-refractivity contribution is -0.142. The molecule has 1 rings (SSSR count). The largest absolute Gasteiger partial charge is 0.497 e. The van der Waals surface area contributed by atoms with Crippen molar-refractivity contribution in [3.63, 3.8) is 0 Å². The van der Waals surface area contributed by atoms with Crippen molar-refractivity contribution in [2.45, 2.75) is 31.6 Å². The monoisotopic (exact) mass is 339 g/mol. The lowest BCUT2D eigenvalue weighted by atomic mass is 9.97. The van der Waals surface area contributed by atoms with E-state index in [-0.39, 0.29) is 12.5 Å². The number of carbonyl (C=O) groups excluding carboxylic acids is 1. The summed E-state index contributed by atoms with van der Waals surface area (Å²) in [6.07, 6.45) is 0.931. The van der Waals surface area contributed by atoms with Gasteiger partial charge in [-0.3, -0.25) is 9.59 Å². The first kappa shape index (κ1) is 19.4. The van der Waals surface area contributed by atoms with E-state index in [9.17, 15) is 9.59 Å². The van der Waals surface area contributed by atoms with E-state index in [1.165, 1.54) is 0 Å². The van der Waals surface area contributed by atoms with Gasteiger partial charge >= 0.3 is 5.97 Å². The third kappa shape index (κ3) is 7.93. The molecule has 0 fully saturated rings. The predicted octanol–water partition coefficient (Wildman–Crippen LogP) is 3.04. The van der Waals surface area contributed by atoms with E-state index in [2.05, 4.69) is 5.32 Å². The molecule has 1 unspecified atom stereocenters. The van der Waals surface area contributed by atoms with Gasteiger partial charge in [-0.25, -0.2) is 0 Å². The van der Waals surface area contributed by atoms with Gasteiger partial charge in [0.05, 0.1) is 13.0 Å². The van der Waals surface area contributed by atoms with Gasteiger partial charge in [-0.2, -0.15) is 0 Å². The Hall–Kier alpha value is -1.69. The highest BCUT2D eigenvalue weighted by atomic mass is 32.2. The summed E-state index contributed by atoms with van der Waals surface area (Å²) in [4.78, 5) is 24.0. The zero-order valence-electron chi connectivity index (χ0n) is 13.9. The van der Waals surface area contributed by atoms with Crippen LogP contribution in [0.25, 0.3) is 0 Å². The Morgan fingerprint density at radius 1 is 1.26 bits per heavy atom. The number of nitrogens with one attached hydrogen (secondary N) is 1. The number of benzene rings is 1. The standard InChI is InChI=1S/C17H25NO4S/c1-12(2)10-13(17(20)21)11-18-16(19)8-9-23-15-6-4-14(22-3)5-7-15/h4-7,12-13H,8-11H2,1-3H3,(H,18,19)(H,20,21). The molecule has 2 N–H and O–H groups in total. The maximum absolute atomic E-state index is 11.8. The Kier molecular flexibility index (Phi) is 8.55. The zero-order chi connectivity index (χ0) is 17.2. The summed E-state index contributed by atoms with van der Waals surface area (Å²) in [6, 6.07) is 7.66. The number of methoxy groups -OCH3 is 1. The zero-order valence-corrected chi connectivity index (χ0v) is 14.7. The number of thioether (sulfide) groups is 1. The fourth-order valence-electron chi connectivity index (χ4n) is 2.10. The summed E-state index contributed by atoms with van der Waals surface area (Å²) in [5, 5.41) is 11.9. The van der Waals surface area contributed by atoms with Crippen LogP contribution < -0.4 is 10.1 Å². The number of rotatable bonds is 10. The molecule has 1 aromatic rings. The number of hydrogen-bond donors (Lipinski definition) is 2. The van der Waals surface area contributed by atoms with E-state index < -0.39 is 11.9 Å². The highest BCUT2D eigenvalue weighted by Crippen LogP contribution is 2.21. The van der Waals surface area contributed by atoms with Crippen LogP contribution >= 0.6 is 11.8 Å². The minimum Gasteiger partial charge on any atom is -0.497 e. The topological polar surface area (TPSA) is 75.6 Å². The van der Waals surface area contributed by atoms with E-state index in [0.29, 0.717) is 24.5 Å². The molecule has 5 nitrogen and oxygen atoms in total. The van der Waals surface area contributed by atoms with E-state index in [1.807, 2.05) is 38.1 Å². The number of hydrogen-bond acceptors (Lipinski definition) is 4. The first-order valence-electron chi connectivity index (χ1n) is 7.68. The lowest BCUT2D eigenvalue weighted by Crippen LogP contribution is -2.33. The molecule has 0 aliphatic carbocycles. The van der Waals surface area contributed by atoms with Gasteiger partial charge in [0.25, 0.3) is 0 Å². The number of aliphatic carboxylic acids is 1. The number of carbonyl (C=O) groups is 2. The predicted molar refractivity (Wildman–Crippen MR) is 91.9 cm³/mol. The number of carboxylic acid groups (broad SMARTS) is 1. The molecule has 128 valence electrons. The summed E-state index contributed by atoms with van der Waals surface area (Å²) in [6.45, 7) is 4.14. The number of carboxylic acids is 1. The van der Waals surface area contributed by atoms with Crippen LogP contribution in [0.1, 0.15) is 26.7 Å². The van der Waals surface area contributed by atoms with Crippen LogP contribution in [0.5, 0.6) is 5.75 Å². The minimum absolute atomic E-state index is 0.110. The van der Waals surface area contributed by atoms with Crippen LogP contribution in [0.2, 0.25) is 0 Å². The summed E-state index contributed by atoms with van der Waals surface area (Å²) in [7, 11) is 1.62. The Labute approximate surface area is 141 Å². The van der Waals surface area contributed by atoms with Crippen LogP contribution in [0, 0.1) is 11.8 Å². The van der Waals surface area contributed by atoms with Crippen molar-refractivity contribution in [3.8, 4) is 5.75 Å². The van der Waals surface area contributed by atoms with Gasteiger partial charge in [-0.15, -0.1) is 11.8 Å². The van der Waals surface area contributed by atoms with Crippen molar-refractivity contribution in [2.24, 2.45) is 11.8 Å². The Bertz CT molecular complexity index is 502. The van der Waals surface area contributed by atoms with Gasteiger partial charge in [0.1, 0.15) is 5.75 Å². The minimum atomic E-state index is -0.855. The lowest BCUT2D eigenvalue weighted by Gasteiger charge is -2.15. The second-order valence-electron chi connectivity index (χ2n) is 5.74. The Balaban J connectivity index is 2.28. The molecular formula is C17H25NO4S. The SMILES string of the molecule is COc1ccc(SCCC(=O)NCC(CC(C)C)C(=O)O)cc1. The normalized spacial score (nSPS) is 12.0. The van der Waals surface area contributed by atoms with Gasteiger partial charge < -0.3 is 15.2 Å². The summed E-state index contributed by atoms with van der Waals surface area (Å²) in [5.41, 5.74) is 0. The maximum Gasteiger partial charge on any atom is 0.308 e. The average Bonchev–Trinajstić information content (AvgIpc) is 2.51. The summed E-state index contributed by atoms with van der Waals surface area (Å²) < 4.78 is 5.09. The highest BCUT2D eigenvalue weighted by molar-refractivity contribution is 7.99. The van der Waals surface area contributed by atoms with Crippen LogP contribution in [-0.4, -0.2) is 36.4 Å². The van der Waals surface area contributed by atoms with Gasteiger partial charge in [0.2, 0.25) is 5.91 Å². The highest BCUT2D eigenvalue weighted by Gasteiger charge is 2.19. The van der Waals surface area contributed by atoms with E-state index in [0.717, 1.165) is 10.6 Å². The van der Waals surface area contributed by atoms with Crippen molar-refractivity contribution in [3.05, 3.63) is 24.3 Å². The second kappa shape index (κ2) is 10.2. The summed E-state index contributed by atoms with van der Waals surface area (Å²) >= 11 is 1.59. The van der Waals surface area contributed by atoms with Crippen molar-refractivity contribution in [1.29, 1.82) is 0 Å². The Morgan fingerprint density at radius 2 is 1.91 bits per heavy atom. The molecule has 23 heavy (non-hydrogen) atoms. The first-order chi connectivity index (χ1) is 10.9. The quantitative estimate of drug-likeness (QED) is 0.641. The number of amides is 1. The maximum atomic E-state index is 11.8. The Morgan fingerprint density at radius 3 is 2.43 bits per heavy atom.